The lowest BCUT2D eigenvalue weighted by atomic mass is 9.92. The minimum Gasteiger partial charge on any atom is -0.342 e. The van der Waals surface area contributed by atoms with E-state index < -0.39 is 5.41 Å². The van der Waals surface area contributed by atoms with Gasteiger partial charge in [0.05, 0.1) is 5.41 Å². The quantitative estimate of drug-likeness (QED) is 0.756. The van der Waals surface area contributed by atoms with Gasteiger partial charge in [0, 0.05) is 19.6 Å². The molecule has 0 aromatic rings. The molecule has 2 N–H and O–H groups in total. The Labute approximate surface area is 93.0 Å². The summed E-state index contributed by atoms with van der Waals surface area (Å²) in [5.74, 6) is 0.975. The SMILES string of the molecule is CC1CCCN(C(=O)C(C)(C)CN)CC1. The molecular formula is C12H24N2O. The average Bonchev–Trinajstić information content (AvgIpc) is 2.42. The van der Waals surface area contributed by atoms with E-state index in [-0.39, 0.29) is 5.91 Å². The third kappa shape index (κ3) is 3.20. The lowest BCUT2D eigenvalue weighted by Crippen LogP contribution is -2.45. The minimum atomic E-state index is -0.395. The van der Waals surface area contributed by atoms with E-state index in [2.05, 4.69) is 6.92 Å². The van der Waals surface area contributed by atoms with E-state index in [1.807, 2.05) is 18.7 Å². The van der Waals surface area contributed by atoms with Gasteiger partial charge < -0.3 is 10.6 Å². The predicted octanol–water partition coefficient (Wildman–Crippen LogP) is 1.62. The first-order valence-corrected chi connectivity index (χ1v) is 5.97. The van der Waals surface area contributed by atoms with Crippen molar-refractivity contribution in [1.29, 1.82) is 0 Å². The first kappa shape index (κ1) is 12.5. The van der Waals surface area contributed by atoms with Crippen molar-refractivity contribution < 1.29 is 4.79 Å². The van der Waals surface area contributed by atoms with Crippen molar-refractivity contribution in [3.8, 4) is 0 Å². The Bertz CT molecular complexity index is 226. The molecule has 15 heavy (non-hydrogen) atoms. The molecule has 1 heterocycles. The molecule has 0 spiro atoms. The van der Waals surface area contributed by atoms with Crippen molar-refractivity contribution in [3.05, 3.63) is 0 Å². The van der Waals surface area contributed by atoms with Crippen molar-refractivity contribution in [2.45, 2.75) is 40.0 Å². The van der Waals surface area contributed by atoms with Crippen LogP contribution in [0.3, 0.4) is 0 Å². The first-order chi connectivity index (χ1) is 6.97. The molecule has 1 unspecified atom stereocenters. The highest BCUT2D eigenvalue weighted by Crippen LogP contribution is 2.22. The Kier molecular flexibility index (Phi) is 4.14. The zero-order valence-electron chi connectivity index (χ0n) is 10.3. The zero-order valence-corrected chi connectivity index (χ0v) is 10.3. The standard InChI is InChI=1S/C12H24N2O/c1-10-5-4-7-14(8-6-10)11(15)12(2,3)9-13/h10H,4-9,13H2,1-3H3. The van der Waals surface area contributed by atoms with Crippen LogP contribution in [-0.2, 0) is 4.79 Å². The van der Waals surface area contributed by atoms with Crippen LogP contribution in [0.1, 0.15) is 40.0 Å². The molecule has 0 aromatic heterocycles. The van der Waals surface area contributed by atoms with Crippen molar-refractivity contribution in [2.24, 2.45) is 17.1 Å². The van der Waals surface area contributed by atoms with Crippen molar-refractivity contribution in [2.75, 3.05) is 19.6 Å². The second-order valence-electron chi connectivity index (χ2n) is 5.42. The van der Waals surface area contributed by atoms with Gasteiger partial charge in [0.15, 0.2) is 0 Å². The van der Waals surface area contributed by atoms with E-state index in [0.717, 1.165) is 31.8 Å². The molecule has 1 fully saturated rings. The van der Waals surface area contributed by atoms with Gasteiger partial charge in [0.2, 0.25) is 5.91 Å². The third-order valence-electron chi connectivity index (χ3n) is 3.39. The number of carbonyl (C=O) groups excluding carboxylic acids is 1. The summed E-state index contributed by atoms with van der Waals surface area (Å²) >= 11 is 0. The molecule has 1 aliphatic rings. The van der Waals surface area contributed by atoms with Crippen LogP contribution < -0.4 is 5.73 Å². The third-order valence-corrected chi connectivity index (χ3v) is 3.39. The van der Waals surface area contributed by atoms with Gasteiger partial charge in [-0.25, -0.2) is 0 Å². The number of hydrogen-bond acceptors (Lipinski definition) is 2. The summed E-state index contributed by atoms with van der Waals surface area (Å²) in [5, 5.41) is 0. The van der Waals surface area contributed by atoms with E-state index in [9.17, 15) is 4.79 Å². The number of carbonyl (C=O) groups is 1. The maximum Gasteiger partial charge on any atom is 0.229 e. The summed E-state index contributed by atoms with van der Waals surface area (Å²) in [5.41, 5.74) is 5.24. The number of amides is 1. The van der Waals surface area contributed by atoms with E-state index in [0.29, 0.717) is 6.54 Å². The first-order valence-electron chi connectivity index (χ1n) is 5.97. The van der Waals surface area contributed by atoms with Gasteiger partial charge in [-0.2, -0.15) is 0 Å². The molecule has 1 rings (SSSR count). The van der Waals surface area contributed by atoms with E-state index in [4.69, 9.17) is 5.73 Å². The fraction of sp³-hybridized carbons (Fsp3) is 0.917. The largest absolute Gasteiger partial charge is 0.342 e. The van der Waals surface area contributed by atoms with Crippen LogP contribution in [0.15, 0.2) is 0 Å². The van der Waals surface area contributed by atoms with Crippen LogP contribution in [0.4, 0.5) is 0 Å². The van der Waals surface area contributed by atoms with Gasteiger partial charge in [-0.05, 0) is 39.0 Å². The van der Waals surface area contributed by atoms with Crippen LogP contribution >= 0.6 is 0 Å². The highest BCUT2D eigenvalue weighted by molar-refractivity contribution is 5.82. The van der Waals surface area contributed by atoms with E-state index in [1.165, 1.54) is 6.42 Å². The van der Waals surface area contributed by atoms with Crippen LogP contribution in [0.5, 0.6) is 0 Å². The maximum absolute atomic E-state index is 12.2. The van der Waals surface area contributed by atoms with Gasteiger partial charge in [0.1, 0.15) is 0 Å². The lowest BCUT2D eigenvalue weighted by molar-refractivity contribution is -0.139. The zero-order chi connectivity index (χ0) is 11.5. The Morgan fingerprint density at radius 3 is 2.67 bits per heavy atom. The fourth-order valence-electron chi connectivity index (χ4n) is 1.98. The molecule has 0 aliphatic carbocycles. The van der Waals surface area contributed by atoms with Gasteiger partial charge >= 0.3 is 0 Å². The van der Waals surface area contributed by atoms with Crippen molar-refractivity contribution in [1.82, 2.24) is 4.90 Å². The van der Waals surface area contributed by atoms with Crippen LogP contribution in [0.25, 0.3) is 0 Å². The number of hydrogen-bond donors (Lipinski definition) is 1. The normalized spacial score (nSPS) is 23.7. The summed E-state index contributed by atoms with van der Waals surface area (Å²) in [6.07, 6.45) is 3.51. The Balaban J connectivity index is 2.59. The van der Waals surface area contributed by atoms with Crippen molar-refractivity contribution >= 4 is 5.91 Å². The molecule has 3 nitrogen and oxygen atoms in total. The fourth-order valence-corrected chi connectivity index (χ4v) is 1.98. The molecule has 0 saturated carbocycles. The number of rotatable bonds is 2. The molecule has 1 amide bonds. The molecule has 3 heteroatoms. The molecule has 0 bridgehead atoms. The monoisotopic (exact) mass is 212 g/mol. The Morgan fingerprint density at radius 1 is 1.40 bits per heavy atom. The number of likely N-dealkylation sites (tertiary alicyclic amines) is 1. The van der Waals surface area contributed by atoms with Gasteiger partial charge in [0.25, 0.3) is 0 Å². The average molecular weight is 212 g/mol. The highest BCUT2D eigenvalue weighted by atomic mass is 16.2. The molecule has 0 aromatic carbocycles. The van der Waals surface area contributed by atoms with Crippen LogP contribution in [-0.4, -0.2) is 30.4 Å². The molecular weight excluding hydrogens is 188 g/mol. The lowest BCUT2D eigenvalue weighted by Gasteiger charge is -2.30. The molecule has 1 aliphatic heterocycles. The molecule has 88 valence electrons. The van der Waals surface area contributed by atoms with Crippen LogP contribution in [0, 0.1) is 11.3 Å². The second kappa shape index (κ2) is 4.97. The van der Waals surface area contributed by atoms with Gasteiger partial charge in [-0.15, -0.1) is 0 Å². The van der Waals surface area contributed by atoms with Crippen LogP contribution in [0.2, 0.25) is 0 Å². The van der Waals surface area contributed by atoms with E-state index in [1.54, 1.807) is 0 Å². The van der Waals surface area contributed by atoms with Gasteiger partial charge in [-0.1, -0.05) is 6.92 Å². The topological polar surface area (TPSA) is 46.3 Å². The predicted molar refractivity (Wildman–Crippen MR) is 62.4 cm³/mol. The number of nitrogens with zero attached hydrogens (tertiary/aromatic N) is 1. The Hall–Kier alpha value is -0.570. The molecule has 0 radical (unpaired) electrons. The summed E-state index contributed by atoms with van der Waals surface area (Å²) in [4.78, 5) is 14.2. The smallest absolute Gasteiger partial charge is 0.229 e. The molecule has 1 atom stereocenters. The van der Waals surface area contributed by atoms with Gasteiger partial charge in [-0.3, -0.25) is 4.79 Å². The maximum atomic E-state index is 12.2. The second-order valence-corrected chi connectivity index (χ2v) is 5.42. The summed E-state index contributed by atoms with van der Waals surface area (Å²) in [6, 6.07) is 0. The highest BCUT2D eigenvalue weighted by Gasteiger charge is 2.31. The van der Waals surface area contributed by atoms with Crippen molar-refractivity contribution in [3.63, 3.8) is 0 Å². The number of nitrogens with two attached hydrogens (primary N) is 1. The summed E-state index contributed by atoms with van der Waals surface area (Å²) in [7, 11) is 0. The Morgan fingerprint density at radius 2 is 2.07 bits per heavy atom. The summed E-state index contributed by atoms with van der Waals surface area (Å²) < 4.78 is 0. The minimum absolute atomic E-state index is 0.221. The molecule has 1 saturated heterocycles. The van der Waals surface area contributed by atoms with E-state index >= 15 is 0 Å². The summed E-state index contributed by atoms with van der Waals surface area (Å²) in [6.45, 7) is 8.38.